The van der Waals surface area contributed by atoms with Crippen molar-refractivity contribution < 1.29 is 44.2 Å². The summed E-state index contributed by atoms with van der Waals surface area (Å²) in [6.07, 6.45) is 3.28. The van der Waals surface area contributed by atoms with E-state index >= 15 is 0 Å². The SMILES string of the molecule is CO[C@@H]1C[C@H](O[C@H]2CC[C@@]3(C)C(=CC[C@@H]4[C@@H]3C[C@@H](O)[C@]3(C)[C@](O)([C@H](C)OC(C)=O)CC[C@]43O)C2)O[C@H](C)[C@H]1O. The standard InChI is InChI=1S/C30H48O9/c1-16-26(33)23(36-6)15-25(37-16)39-20-9-10-27(4)19(13-20)7-8-21-22(27)14-24(32)28(5)29(34,11-12-30(21,28)35)17(2)38-18(3)31/h7,16-17,20-26,32-35H,8-15H2,1-6H3/t16-,17+,20+,21-,22+,23-,24-,25+,26-,27+,28-,29-,30+/m1/s1. The van der Waals surface area contributed by atoms with Crippen LogP contribution in [0.15, 0.2) is 11.6 Å². The monoisotopic (exact) mass is 552 g/mol. The van der Waals surface area contributed by atoms with E-state index in [0.717, 1.165) is 19.3 Å². The summed E-state index contributed by atoms with van der Waals surface area (Å²) in [6.45, 7) is 8.83. The van der Waals surface area contributed by atoms with Gasteiger partial charge < -0.3 is 39.4 Å². The second kappa shape index (κ2) is 10.0. The van der Waals surface area contributed by atoms with Crippen LogP contribution in [0.1, 0.15) is 86.0 Å². The molecule has 5 rings (SSSR count). The summed E-state index contributed by atoms with van der Waals surface area (Å²) in [5.74, 6) is -0.559. The summed E-state index contributed by atoms with van der Waals surface area (Å²) in [6, 6.07) is 0. The molecule has 0 bridgehead atoms. The molecular weight excluding hydrogens is 504 g/mol. The maximum Gasteiger partial charge on any atom is 0.302 e. The average Bonchev–Trinajstić information content (AvgIpc) is 3.10. The molecule has 0 radical (unpaired) electrons. The van der Waals surface area contributed by atoms with E-state index in [0.29, 0.717) is 25.7 Å². The number of fused-ring (bicyclic) bond motifs is 5. The molecule has 1 saturated heterocycles. The fraction of sp³-hybridized carbons (Fsp3) is 0.900. The molecule has 39 heavy (non-hydrogen) atoms. The van der Waals surface area contributed by atoms with Crippen LogP contribution in [-0.2, 0) is 23.7 Å². The minimum atomic E-state index is -1.53. The van der Waals surface area contributed by atoms with E-state index in [-0.39, 0.29) is 42.0 Å². The molecule has 1 aliphatic heterocycles. The average molecular weight is 553 g/mol. The van der Waals surface area contributed by atoms with Crippen LogP contribution in [-0.4, -0.2) is 87.6 Å². The van der Waals surface area contributed by atoms with E-state index in [2.05, 4.69) is 13.0 Å². The molecule has 9 nitrogen and oxygen atoms in total. The zero-order chi connectivity index (χ0) is 28.5. The highest BCUT2D eigenvalue weighted by molar-refractivity contribution is 5.66. The van der Waals surface area contributed by atoms with Gasteiger partial charge in [-0.1, -0.05) is 25.5 Å². The number of rotatable bonds is 5. The second-order valence-corrected chi connectivity index (χ2v) is 13.4. The van der Waals surface area contributed by atoms with E-state index in [4.69, 9.17) is 18.9 Å². The number of methoxy groups -OCH3 is 1. The van der Waals surface area contributed by atoms with Gasteiger partial charge in [0.1, 0.15) is 17.8 Å². The van der Waals surface area contributed by atoms with E-state index in [1.54, 1.807) is 21.0 Å². The zero-order valence-electron chi connectivity index (χ0n) is 24.3. The molecule has 1 heterocycles. The van der Waals surface area contributed by atoms with Crippen molar-refractivity contribution in [3.63, 3.8) is 0 Å². The van der Waals surface area contributed by atoms with Crippen LogP contribution in [0.25, 0.3) is 0 Å². The Bertz CT molecular complexity index is 985. The van der Waals surface area contributed by atoms with Crippen LogP contribution in [0.2, 0.25) is 0 Å². The number of carbonyl (C=O) groups is 1. The molecule has 4 N–H and O–H groups in total. The normalized spacial score (nSPS) is 52.2. The Morgan fingerprint density at radius 2 is 1.85 bits per heavy atom. The molecule has 0 unspecified atom stereocenters. The molecule has 0 aromatic rings. The lowest BCUT2D eigenvalue weighted by Crippen LogP contribution is -2.71. The number of hydrogen-bond donors (Lipinski definition) is 4. The number of hydrogen-bond acceptors (Lipinski definition) is 9. The second-order valence-electron chi connectivity index (χ2n) is 13.4. The van der Waals surface area contributed by atoms with E-state index in [9.17, 15) is 25.2 Å². The van der Waals surface area contributed by atoms with Gasteiger partial charge in [-0.3, -0.25) is 4.79 Å². The molecule has 4 fully saturated rings. The number of aliphatic hydroxyl groups is 4. The smallest absolute Gasteiger partial charge is 0.302 e. The Kier molecular flexibility index (Phi) is 7.57. The maximum atomic E-state index is 12.4. The van der Waals surface area contributed by atoms with Crippen molar-refractivity contribution in [2.75, 3.05) is 7.11 Å². The third-order valence-electron chi connectivity index (χ3n) is 11.8. The minimum Gasteiger partial charge on any atom is -0.460 e. The van der Waals surface area contributed by atoms with Gasteiger partial charge in [0, 0.05) is 20.5 Å². The van der Waals surface area contributed by atoms with Gasteiger partial charge in [-0.05, 0) is 76.0 Å². The first-order valence-electron chi connectivity index (χ1n) is 14.7. The molecule has 222 valence electrons. The van der Waals surface area contributed by atoms with Gasteiger partial charge >= 0.3 is 5.97 Å². The first kappa shape index (κ1) is 29.4. The Morgan fingerprint density at radius 1 is 1.13 bits per heavy atom. The van der Waals surface area contributed by atoms with Crippen LogP contribution in [0.4, 0.5) is 0 Å². The summed E-state index contributed by atoms with van der Waals surface area (Å²) in [7, 11) is 1.60. The number of allylic oxidation sites excluding steroid dienone is 1. The zero-order valence-corrected chi connectivity index (χ0v) is 24.3. The molecule has 0 aromatic carbocycles. The van der Waals surface area contributed by atoms with Crippen molar-refractivity contribution in [1.29, 1.82) is 0 Å². The van der Waals surface area contributed by atoms with Gasteiger partial charge in [-0.15, -0.1) is 0 Å². The van der Waals surface area contributed by atoms with Crippen LogP contribution in [0, 0.1) is 22.7 Å². The van der Waals surface area contributed by atoms with Gasteiger partial charge in [0.2, 0.25) is 0 Å². The van der Waals surface area contributed by atoms with Gasteiger partial charge in [0.15, 0.2) is 6.29 Å². The highest BCUT2D eigenvalue weighted by Crippen LogP contribution is 2.69. The Morgan fingerprint density at radius 3 is 2.51 bits per heavy atom. The quantitative estimate of drug-likeness (QED) is 0.300. The van der Waals surface area contributed by atoms with Crippen molar-refractivity contribution in [2.45, 2.75) is 140 Å². The number of aliphatic hydroxyl groups excluding tert-OH is 2. The summed E-state index contributed by atoms with van der Waals surface area (Å²) < 4.78 is 23.2. The van der Waals surface area contributed by atoms with Crippen LogP contribution >= 0.6 is 0 Å². The predicted molar refractivity (Wildman–Crippen MR) is 141 cm³/mol. The molecule has 0 amide bonds. The number of carbonyl (C=O) groups excluding carboxylic acids is 1. The summed E-state index contributed by atoms with van der Waals surface area (Å²) >= 11 is 0. The van der Waals surface area contributed by atoms with Crippen molar-refractivity contribution in [1.82, 2.24) is 0 Å². The molecule has 9 heteroatoms. The predicted octanol–water partition coefficient (Wildman–Crippen LogP) is 2.61. The Hall–Kier alpha value is -1.07. The summed E-state index contributed by atoms with van der Waals surface area (Å²) in [5, 5.41) is 46.2. The van der Waals surface area contributed by atoms with Gasteiger partial charge in [0.05, 0.1) is 35.4 Å². The molecule has 3 saturated carbocycles. The number of esters is 1. The Balaban J connectivity index is 1.35. The van der Waals surface area contributed by atoms with Crippen LogP contribution in [0.3, 0.4) is 0 Å². The number of ether oxygens (including phenoxy) is 4. The lowest BCUT2D eigenvalue weighted by atomic mass is 9.44. The van der Waals surface area contributed by atoms with Gasteiger partial charge in [-0.2, -0.15) is 0 Å². The maximum absolute atomic E-state index is 12.4. The minimum absolute atomic E-state index is 0.0196. The summed E-state index contributed by atoms with van der Waals surface area (Å²) in [4.78, 5) is 11.7. The van der Waals surface area contributed by atoms with Crippen LogP contribution < -0.4 is 0 Å². The van der Waals surface area contributed by atoms with Gasteiger partial charge in [0.25, 0.3) is 0 Å². The first-order chi connectivity index (χ1) is 18.2. The largest absolute Gasteiger partial charge is 0.460 e. The summed E-state index contributed by atoms with van der Waals surface area (Å²) in [5.41, 5.74) is -2.95. The fourth-order valence-corrected chi connectivity index (χ4v) is 9.30. The lowest BCUT2D eigenvalue weighted by Gasteiger charge is -2.64. The van der Waals surface area contributed by atoms with Crippen molar-refractivity contribution >= 4 is 5.97 Å². The Labute approximate surface area is 231 Å². The van der Waals surface area contributed by atoms with Crippen molar-refractivity contribution in [3.05, 3.63) is 11.6 Å². The molecular formula is C30H48O9. The molecule has 5 aliphatic rings. The topological polar surface area (TPSA) is 135 Å². The third kappa shape index (κ3) is 4.25. The molecule has 0 spiro atoms. The highest BCUT2D eigenvalue weighted by atomic mass is 16.7. The lowest BCUT2D eigenvalue weighted by molar-refractivity contribution is -0.278. The highest BCUT2D eigenvalue weighted by Gasteiger charge is 2.75. The van der Waals surface area contributed by atoms with E-state index < -0.39 is 47.2 Å². The molecule has 13 atom stereocenters. The van der Waals surface area contributed by atoms with Crippen molar-refractivity contribution in [3.8, 4) is 0 Å². The third-order valence-corrected chi connectivity index (χ3v) is 11.8. The fourth-order valence-electron chi connectivity index (χ4n) is 9.30. The van der Waals surface area contributed by atoms with Crippen molar-refractivity contribution in [2.24, 2.45) is 22.7 Å². The molecule has 4 aliphatic carbocycles. The van der Waals surface area contributed by atoms with E-state index in [1.807, 2.05) is 6.92 Å². The van der Waals surface area contributed by atoms with Gasteiger partial charge in [-0.25, -0.2) is 0 Å². The van der Waals surface area contributed by atoms with Crippen LogP contribution in [0.5, 0.6) is 0 Å². The molecule has 0 aromatic heterocycles. The van der Waals surface area contributed by atoms with E-state index in [1.165, 1.54) is 12.5 Å². The first-order valence-corrected chi connectivity index (χ1v) is 14.7.